The van der Waals surface area contributed by atoms with Crippen molar-refractivity contribution >= 4 is 5.97 Å². The molecule has 1 rings (SSSR count). The van der Waals surface area contributed by atoms with Gasteiger partial charge in [0.25, 0.3) is 0 Å². The van der Waals surface area contributed by atoms with E-state index < -0.39 is 0 Å². The largest absolute Gasteiger partial charge is 0.466 e. The number of aryl methyl sites for hydroxylation is 1. The molecule has 100 valence electrons. The average Bonchev–Trinajstić information content (AvgIpc) is 2.39. The highest BCUT2D eigenvalue weighted by molar-refractivity contribution is 5.70. The van der Waals surface area contributed by atoms with Gasteiger partial charge in [0, 0.05) is 6.04 Å². The first-order chi connectivity index (χ1) is 8.69. The van der Waals surface area contributed by atoms with Crippen LogP contribution >= 0.6 is 0 Å². The lowest BCUT2D eigenvalue weighted by atomic mass is 10.0. The second-order valence-corrected chi connectivity index (χ2v) is 4.37. The molecule has 0 spiro atoms. The molecule has 3 nitrogen and oxygen atoms in total. The van der Waals surface area contributed by atoms with E-state index in [1.807, 2.05) is 14.0 Å². The fourth-order valence-corrected chi connectivity index (χ4v) is 1.89. The average molecular weight is 249 g/mol. The number of ether oxygens (including phenoxy) is 1. The highest BCUT2D eigenvalue weighted by atomic mass is 16.5. The van der Waals surface area contributed by atoms with Crippen molar-refractivity contribution in [2.75, 3.05) is 13.7 Å². The Morgan fingerprint density at radius 3 is 2.33 bits per heavy atom. The van der Waals surface area contributed by atoms with E-state index in [2.05, 4.69) is 36.5 Å². The van der Waals surface area contributed by atoms with Crippen LogP contribution in [0.1, 0.15) is 31.4 Å². The fraction of sp³-hybridized carbons (Fsp3) is 0.533. The minimum Gasteiger partial charge on any atom is -0.466 e. The normalized spacial score (nSPS) is 12.2. The summed E-state index contributed by atoms with van der Waals surface area (Å²) in [6.45, 7) is 4.42. The number of hydrogen-bond donors (Lipinski definition) is 1. The van der Waals surface area contributed by atoms with E-state index in [0.29, 0.717) is 13.0 Å². The second-order valence-electron chi connectivity index (χ2n) is 4.37. The molecule has 0 heterocycles. The van der Waals surface area contributed by atoms with Crippen LogP contribution in [0.3, 0.4) is 0 Å². The molecule has 3 heteroatoms. The van der Waals surface area contributed by atoms with Gasteiger partial charge in [-0.25, -0.2) is 0 Å². The topological polar surface area (TPSA) is 38.3 Å². The van der Waals surface area contributed by atoms with E-state index in [4.69, 9.17) is 4.74 Å². The Hall–Kier alpha value is -1.35. The van der Waals surface area contributed by atoms with Gasteiger partial charge in [-0.15, -0.1) is 0 Å². The van der Waals surface area contributed by atoms with Crippen LogP contribution in [-0.2, 0) is 22.4 Å². The van der Waals surface area contributed by atoms with Gasteiger partial charge in [0.15, 0.2) is 0 Å². The van der Waals surface area contributed by atoms with Gasteiger partial charge in [-0.1, -0.05) is 31.2 Å². The predicted molar refractivity (Wildman–Crippen MR) is 73.6 cm³/mol. The Bertz CT molecular complexity index is 359. The summed E-state index contributed by atoms with van der Waals surface area (Å²) in [4.78, 5) is 11.4. The van der Waals surface area contributed by atoms with Gasteiger partial charge in [-0.05, 0) is 37.9 Å². The second kappa shape index (κ2) is 7.88. The van der Waals surface area contributed by atoms with Crippen molar-refractivity contribution in [1.29, 1.82) is 0 Å². The van der Waals surface area contributed by atoms with Crippen LogP contribution in [0.15, 0.2) is 24.3 Å². The van der Waals surface area contributed by atoms with E-state index >= 15 is 0 Å². The smallest absolute Gasteiger partial charge is 0.307 e. The number of nitrogens with one attached hydrogen (secondary N) is 1. The predicted octanol–water partition coefficient (Wildman–Crippen LogP) is 2.33. The summed E-state index contributed by atoms with van der Waals surface area (Å²) in [6, 6.07) is 8.69. The highest BCUT2D eigenvalue weighted by Crippen LogP contribution is 2.09. The maximum absolute atomic E-state index is 11.4. The Balaban J connectivity index is 2.53. The third-order valence-electron chi connectivity index (χ3n) is 3.04. The van der Waals surface area contributed by atoms with E-state index in [1.165, 1.54) is 11.1 Å². The first-order valence-corrected chi connectivity index (χ1v) is 6.60. The number of esters is 1. The minimum absolute atomic E-state index is 0.136. The molecule has 0 aliphatic rings. The molecule has 0 saturated heterocycles. The number of hydrogen-bond acceptors (Lipinski definition) is 3. The number of carbonyl (C=O) groups excluding carboxylic acids is 1. The van der Waals surface area contributed by atoms with Crippen LogP contribution in [0, 0.1) is 0 Å². The van der Waals surface area contributed by atoms with Crippen molar-refractivity contribution < 1.29 is 9.53 Å². The molecule has 0 radical (unpaired) electrons. The lowest BCUT2D eigenvalue weighted by molar-refractivity contribution is -0.143. The van der Waals surface area contributed by atoms with Crippen LogP contribution in [0.4, 0.5) is 0 Å². The van der Waals surface area contributed by atoms with Crippen LogP contribution in [-0.4, -0.2) is 25.7 Å². The molecule has 1 N–H and O–H groups in total. The lowest BCUT2D eigenvalue weighted by Crippen LogP contribution is -2.31. The van der Waals surface area contributed by atoms with Gasteiger partial charge in [0.05, 0.1) is 13.0 Å². The quantitative estimate of drug-likeness (QED) is 0.754. The van der Waals surface area contributed by atoms with Gasteiger partial charge < -0.3 is 10.1 Å². The Morgan fingerprint density at radius 1 is 1.22 bits per heavy atom. The highest BCUT2D eigenvalue weighted by Gasteiger charge is 2.13. The Labute approximate surface area is 110 Å². The summed E-state index contributed by atoms with van der Waals surface area (Å²) in [5.41, 5.74) is 2.58. The molecule has 1 unspecified atom stereocenters. The standard InChI is InChI=1S/C15H23NO2/c1-4-12-6-8-13(9-7-12)10-14(16-3)11-15(17)18-5-2/h6-9,14,16H,4-5,10-11H2,1-3H3. The van der Waals surface area contributed by atoms with Crippen molar-refractivity contribution in [1.82, 2.24) is 5.32 Å². The summed E-state index contributed by atoms with van der Waals surface area (Å²) >= 11 is 0. The number of rotatable bonds is 7. The first-order valence-electron chi connectivity index (χ1n) is 6.60. The van der Waals surface area contributed by atoms with Gasteiger partial charge in [0.1, 0.15) is 0 Å². The van der Waals surface area contributed by atoms with Crippen molar-refractivity contribution in [3.8, 4) is 0 Å². The molecule has 0 aliphatic heterocycles. The zero-order valence-electron chi connectivity index (χ0n) is 11.5. The molecule has 0 saturated carbocycles. The maximum atomic E-state index is 11.4. The summed E-state index contributed by atoms with van der Waals surface area (Å²) in [6.07, 6.45) is 2.32. The molecule has 0 aromatic heterocycles. The van der Waals surface area contributed by atoms with Crippen LogP contribution in [0.2, 0.25) is 0 Å². The van der Waals surface area contributed by atoms with E-state index in [0.717, 1.165) is 12.8 Å². The third kappa shape index (κ3) is 4.88. The lowest BCUT2D eigenvalue weighted by Gasteiger charge is -2.15. The molecule has 1 aromatic rings. The van der Waals surface area contributed by atoms with Crippen molar-refractivity contribution in [2.24, 2.45) is 0 Å². The Kier molecular flexibility index (Phi) is 6.44. The van der Waals surface area contributed by atoms with Crippen molar-refractivity contribution in [3.05, 3.63) is 35.4 Å². The molecule has 1 atom stereocenters. The fourth-order valence-electron chi connectivity index (χ4n) is 1.89. The SMILES string of the molecule is CCOC(=O)CC(Cc1ccc(CC)cc1)NC. The number of benzene rings is 1. The van der Waals surface area contributed by atoms with Crippen LogP contribution in [0.5, 0.6) is 0 Å². The molecule has 0 amide bonds. The number of carbonyl (C=O) groups is 1. The monoisotopic (exact) mass is 249 g/mol. The zero-order chi connectivity index (χ0) is 13.4. The maximum Gasteiger partial charge on any atom is 0.307 e. The third-order valence-corrected chi connectivity index (χ3v) is 3.04. The molecular weight excluding hydrogens is 226 g/mol. The van der Waals surface area contributed by atoms with Gasteiger partial charge in [-0.2, -0.15) is 0 Å². The molecular formula is C15H23NO2. The van der Waals surface area contributed by atoms with Gasteiger partial charge >= 0.3 is 5.97 Å². The molecule has 1 aromatic carbocycles. The molecule has 0 aliphatic carbocycles. The summed E-state index contributed by atoms with van der Waals surface area (Å²) < 4.78 is 4.97. The summed E-state index contributed by atoms with van der Waals surface area (Å²) in [5, 5.41) is 3.17. The van der Waals surface area contributed by atoms with Crippen molar-refractivity contribution in [2.45, 2.75) is 39.2 Å². The minimum atomic E-state index is -0.137. The summed E-state index contributed by atoms with van der Waals surface area (Å²) in [7, 11) is 1.88. The molecule has 0 bridgehead atoms. The molecule has 18 heavy (non-hydrogen) atoms. The van der Waals surface area contributed by atoms with Gasteiger partial charge in [-0.3, -0.25) is 4.79 Å². The van der Waals surface area contributed by atoms with E-state index in [-0.39, 0.29) is 12.0 Å². The zero-order valence-corrected chi connectivity index (χ0v) is 11.5. The molecule has 0 fully saturated rings. The number of likely N-dealkylation sites (N-methyl/N-ethyl adjacent to an activating group) is 1. The van der Waals surface area contributed by atoms with E-state index in [1.54, 1.807) is 0 Å². The van der Waals surface area contributed by atoms with E-state index in [9.17, 15) is 4.79 Å². The van der Waals surface area contributed by atoms with Crippen LogP contribution in [0.25, 0.3) is 0 Å². The first kappa shape index (κ1) is 14.7. The van der Waals surface area contributed by atoms with Gasteiger partial charge in [0.2, 0.25) is 0 Å². The Morgan fingerprint density at radius 2 is 1.83 bits per heavy atom. The van der Waals surface area contributed by atoms with Crippen molar-refractivity contribution in [3.63, 3.8) is 0 Å². The summed E-state index contributed by atoms with van der Waals surface area (Å²) in [5.74, 6) is -0.137. The van der Waals surface area contributed by atoms with Crippen LogP contribution < -0.4 is 5.32 Å².